The highest BCUT2D eigenvalue weighted by Gasteiger charge is 2.20. The Morgan fingerprint density at radius 3 is 2.67 bits per heavy atom. The van der Waals surface area contributed by atoms with Gasteiger partial charge in [0.05, 0.1) is 16.7 Å². The molecule has 2 atom stereocenters. The van der Waals surface area contributed by atoms with Crippen LogP contribution in [0.4, 0.5) is 11.4 Å². The second-order valence-corrected chi connectivity index (χ2v) is 7.93. The van der Waals surface area contributed by atoms with Crippen LogP contribution in [-0.4, -0.2) is 46.9 Å². The lowest BCUT2D eigenvalue weighted by atomic mass is 10.1. The molecule has 1 saturated heterocycles. The summed E-state index contributed by atoms with van der Waals surface area (Å²) in [6.07, 6.45) is 4.16. The summed E-state index contributed by atoms with van der Waals surface area (Å²) in [4.78, 5) is 30.3. The molecular weight excluding hydrogens is 382 g/mol. The van der Waals surface area contributed by atoms with Crippen molar-refractivity contribution in [2.75, 3.05) is 31.5 Å². The fourth-order valence-electron chi connectivity index (χ4n) is 3.72. The van der Waals surface area contributed by atoms with Crippen LogP contribution in [0.3, 0.4) is 0 Å². The van der Waals surface area contributed by atoms with Crippen LogP contribution in [0.15, 0.2) is 42.6 Å². The van der Waals surface area contributed by atoms with Crippen molar-refractivity contribution in [3.8, 4) is 0 Å². The van der Waals surface area contributed by atoms with Gasteiger partial charge in [0, 0.05) is 30.9 Å². The Bertz CT molecular complexity index is 868. The molecule has 1 aliphatic rings. The van der Waals surface area contributed by atoms with Gasteiger partial charge in [-0.15, -0.1) is 0 Å². The predicted octanol–water partition coefficient (Wildman–Crippen LogP) is 3.62. The van der Waals surface area contributed by atoms with E-state index in [4.69, 9.17) is 0 Å². The van der Waals surface area contributed by atoms with Crippen molar-refractivity contribution in [1.82, 2.24) is 15.2 Å². The molecule has 1 aromatic carbocycles. The first-order valence-corrected chi connectivity index (χ1v) is 10.4. The van der Waals surface area contributed by atoms with Gasteiger partial charge in [0.2, 0.25) is 0 Å². The zero-order chi connectivity index (χ0) is 21.5. The van der Waals surface area contributed by atoms with Crippen molar-refractivity contribution in [1.29, 1.82) is 0 Å². The Balaban J connectivity index is 1.63. The molecule has 160 valence electrons. The first-order valence-electron chi connectivity index (χ1n) is 10.4. The van der Waals surface area contributed by atoms with Crippen molar-refractivity contribution >= 4 is 17.3 Å². The van der Waals surface area contributed by atoms with E-state index in [1.807, 2.05) is 25.1 Å². The standard InChI is InChI=1S/C22H29N5O3/c1-16(15-26-11-5-6-12-26)14-24-22(28)18-8-9-20(21(13-18)27(29)30)25-17(2)19-7-3-4-10-23-19/h3-4,7-10,13,16-17,25H,5-6,11-12,14-15H2,1-2H3,(H,24,28). The van der Waals surface area contributed by atoms with E-state index in [9.17, 15) is 14.9 Å². The normalized spacial score (nSPS) is 16.1. The fraction of sp³-hybridized carbons (Fsp3) is 0.455. The average molecular weight is 412 g/mol. The molecular formula is C22H29N5O3. The van der Waals surface area contributed by atoms with Gasteiger partial charge >= 0.3 is 0 Å². The largest absolute Gasteiger partial charge is 0.371 e. The highest BCUT2D eigenvalue weighted by atomic mass is 16.6. The molecule has 8 heteroatoms. The maximum atomic E-state index is 12.5. The molecule has 0 aliphatic carbocycles. The van der Waals surface area contributed by atoms with Crippen molar-refractivity contribution in [3.05, 3.63) is 64.0 Å². The second kappa shape index (κ2) is 10.2. The number of carbonyl (C=O) groups is 1. The summed E-state index contributed by atoms with van der Waals surface area (Å²) in [6.45, 7) is 7.72. The Kier molecular flexibility index (Phi) is 7.35. The third kappa shape index (κ3) is 5.76. The lowest BCUT2D eigenvalue weighted by molar-refractivity contribution is -0.384. The molecule has 30 heavy (non-hydrogen) atoms. The monoisotopic (exact) mass is 411 g/mol. The number of likely N-dealkylation sites (tertiary alicyclic amines) is 1. The Morgan fingerprint density at radius 2 is 2.00 bits per heavy atom. The van der Waals surface area contributed by atoms with E-state index in [-0.39, 0.29) is 23.2 Å². The molecule has 1 amide bonds. The van der Waals surface area contributed by atoms with Gasteiger partial charge in [-0.25, -0.2) is 0 Å². The van der Waals surface area contributed by atoms with Crippen LogP contribution in [0.2, 0.25) is 0 Å². The lowest BCUT2D eigenvalue weighted by Crippen LogP contribution is -2.34. The van der Waals surface area contributed by atoms with E-state index in [0.717, 1.165) is 25.3 Å². The van der Waals surface area contributed by atoms with Crippen LogP contribution < -0.4 is 10.6 Å². The van der Waals surface area contributed by atoms with Gasteiger partial charge in [0.1, 0.15) is 5.69 Å². The van der Waals surface area contributed by atoms with Crippen LogP contribution in [0.1, 0.15) is 48.8 Å². The van der Waals surface area contributed by atoms with E-state index < -0.39 is 4.92 Å². The highest BCUT2D eigenvalue weighted by molar-refractivity contribution is 5.95. The number of rotatable bonds is 9. The minimum absolute atomic E-state index is 0.129. The van der Waals surface area contributed by atoms with Crippen LogP contribution >= 0.6 is 0 Å². The van der Waals surface area contributed by atoms with Crippen LogP contribution in [0.5, 0.6) is 0 Å². The van der Waals surface area contributed by atoms with E-state index in [1.165, 1.54) is 18.9 Å². The summed E-state index contributed by atoms with van der Waals surface area (Å²) < 4.78 is 0. The van der Waals surface area contributed by atoms with E-state index in [0.29, 0.717) is 18.2 Å². The smallest absolute Gasteiger partial charge is 0.293 e. The summed E-state index contributed by atoms with van der Waals surface area (Å²) in [7, 11) is 0. The summed E-state index contributed by atoms with van der Waals surface area (Å²) in [5.74, 6) is 0.0258. The van der Waals surface area contributed by atoms with Crippen molar-refractivity contribution in [3.63, 3.8) is 0 Å². The molecule has 1 aliphatic heterocycles. The number of anilines is 1. The molecule has 0 spiro atoms. The van der Waals surface area contributed by atoms with Gasteiger partial charge in [0.15, 0.2) is 0 Å². The zero-order valence-electron chi connectivity index (χ0n) is 17.5. The Morgan fingerprint density at radius 1 is 1.23 bits per heavy atom. The van der Waals surface area contributed by atoms with Crippen LogP contribution in [-0.2, 0) is 0 Å². The first-order chi connectivity index (χ1) is 14.4. The molecule has 2 aromatic rings. The summed E-state index contributed by atoms with van der Waals surface area (Å²) in [5.41, 5.74) is 1.29. The Hall–Kier alpha value is -3.00. The quantitative estimate of drug-likeness (QED) is 0.483. The highest BCUT2D eigenvalue weighted by Crippen LogP contribution is 2.29. The maximum absolute atomic E-state index is 12.5. The van der Waals surface area contributed by atoms with E-state index in [1.54, 1.807) is 18.3 Å². The van der Waals surface area contributed by atoms with E-state index in [2.05, 4.69) is 27.4 Å². The average Bonchev–Trinajstić information content (AvgIpc) is 3.25. The number of nitrogens with one attached hydrogen (secondary N) is 2. The number of nitrogens with zero attached hydrogens (tertiary/aromatic N) is 3. The van der Waals surface area contributed by atoms with Gasteiger partial charge in [0.25, 0.3) is 11.6 Å². The van der Waals surface area contributed by atoms with Crippen molar-refractivity contribution < 1.29 is 9.72 Å². The zero-order valence-corrected chi connectivity index (χ0v) is 17.5. The number of aromatic nitrogens is 1. The Labute approximate surface area is 176 Å². The molecule has 1 aromatic heterocycles. The molecule has 2 N–H and O–H groups in total. The number of pyridine rings is 1. The number of hydrogen-bond acceptors (Lipinski definition) is 6. The minimum Gasteiger partial charge on any atom is -0.371 e. The maximum Gasteiger partial charge on any atom is 0.293 e. The van der Waals surface area contributed by atoms with Crippen LogP contribution in [0, 0.1) is 16.0 Å². The summed E-state index contributed by atoms with van der Waals surface area (Å²) in [5, 5.41) is 17.6. The van der Waals surface area contributed by atoms with Gasteiger partial charge in [-0.1, -0.05) is 13.0 Å². The molecule has 2 unspecified atom stereocenters. The van der Waals surface area contributed by atoms with Crippen molar-refractivity contribution in [2.45, 2.75) is 32.7 Å². The number of hydrogen-bond donors (Lipinski definition) is 2. The van der Waals surface area contributed by atoms with Crippen molar-refractivity contribution in [2.24, 2.45) is 5.92 Å². The molecule has 8 nitrogen and oxygen atoms in total. The van der Waals surface area contributed by atoms with Crippen LogP contribution in [0.25, 0.3) is 0 Å². The molecule has 0 saturated carbocycles. The van der Waals surface area contributed by atoms with Gasteiger partial charge in [-0.05, 0) is 63.0 Å². The van der Waals surface area contributed by atoms with Gasteiger partial charge in [-0.3, -0.25) is 19.9 Å². The molecule has 2 heterocycles. The lowest BCUT2D eigenvalue weighted by Gasteiger charge is -2.20. The predicted molar refractivity (Wildman–Crippen MR) is 117 cm³/mol. The second-order valence-electron chi connectivity index (χ2n) is 7.93. The number of benzene rings is 1. The SMILES string of the molecule is CC(CNC(=O)c1ccc(NC(C)c2ccccn2)c([N+](=O)[O-])c1)CN1CCCC1. The first kappa shape index (κ1) is 21.7. The summed E-state index contributed by atoms with van der Waals surface area (Å²) in [6, 6.07) is 9.85. The molecule has 0 radical (unpaired) electrons. The molecule has 3 rings (SSSR count). The third-order valence-corrected chi connectivity index (χ3v) is 5.34. The minimum atomic E-state index is -0.472. The van der Waals surface area contributed by atoms with E-state index >= 15 is 0 Å². The molecule has 1 fully saturated rings. The third-order valence-electron chi connectivity index (χ3n) is 5.34. The fourth-order valence-corrected chi connectivity index (χ4v) is 3.72. The number of nitro groups is 1. The number of amides is 1. The number of carbonyl (C=O) groups excluding carboxylic acids is 1. The van der Waals surface area contributed by atoms with Gasteiger partial charge in [-0.2, -0.15) is 0 Å². The topological polar surface area (TPSA) is 100 Å². The number of nitro benzene ring substituents is 1. The van der Waals surface area contributed by atoms with Gasteiger partial charge < -0.3 is 15.5 Å². The molecule has 0 bridgehead atoms. The summed E-state index contributed by atoms with van der Waals surface area (Å²) >= 11 is 0.